The van der Waals surface area contributed by atoms with Crippen LogP contribution < -0.4 is 0 Å². The highest BCUT2D eigenvalue weighted by atomic mass is 32.1. The summed E-state index contributed by atoms with van der Waals surface area (Å²) in [4.78, 5) is 0.939. The van der Waals surface area contributed by atoms with E-state index in [1.807, 2.05) is 0 Å². The summed E-state index contributed by atoms with van der Waals surface area (Å²) < 4.78 is 3.90. The lowest BCUT2D eigenvalue weighted by molar-refractivity contribution is 0.153. The van der Waals surface area contributed by atoms with Gasteiger partial charge in [0.15, 0.2) is 0 Å². The Morgan fingerprint density at radius 3 is 2.43 bits per heavy atom. The number of nitrogens with zero attached hydrogens (tertiary/aromatic N) is 2. The second-order valence-electron chi connectivity index (χ2n) is 4.32. The molecule has 0 fully saturated rings. The van der Waals surface area contributed by atoms with Gasteiger partial charge < -0.3 is 5.11 Å². The van der Waals surface area contributed by atoms with E-state index in [-0.39, 0.29) is 0 Å². The van der Waals surface area contributed by atoms with E-state index in [1.165, 1.54) is 11.5 Å². The van der Waals surface area contributed by atoms with Gasteiger partial charge in [0.1, 0.15) is 0 Å². The van der Waals surface area contributed by atoms with Crippen LogP contribution in [0.1, 0.15) is 56.7 Å². The van der Waals surface area contributed by atoms with Crippen molar-refractivity contribution < 1.29 is 5.11 Å². The van der Waals surface area contributed by atoms with Gasteiger partial charge in [0, 0.05) is 0 Å². The minimum Gasteiger partial charge on any atom is -0.387 e. The molecule has 1 N–H and O–H groups in total. The summed E-state index contributed by atoms with van der Waals surface area (Å²) in [6, 6.07) is 0. The zero-order valence-corrected chi connectivity index (χ0v) is 10.0. The molecule has 1 rings (SSSR count). The molecule has 0 aliphatic carbocycles. The summed E-state index contributed by atoms with van der Waals surface area (Å²) >= 11 is 1.32. The van der Waals surface area contributed by atoms with Crippen LogP contribution in [-0.2, 0) is 0 Å². The van der Waals surface area contributed by atoms with Gasteiger partial charge in [-0.15, -0.1) is 5.10 Å². The molecule has 0 radical (unpaired) electrons. The lowest BCUT2D eigenvalue weighted by Gasteiger charge is -2.12. The van der Waals surface area contributed by atoms with Gasteiger partial charge in [-0.25, -0.2) is 0 Å². The van der Waals surface area contributed by atoms with Gasteiger partial charge >= 0.3 is 0 Å². The maximum absolute atomic E-state index is 9.94. The van der Waals surface area contributed by atoms with Gasteiger partial charge in [-0.05, 0) is 29.8 Å². The van der Waals surface area contributed by atoms with Crippen molar-refractivity contribution in [1.82, 2.24) is 9.59 Å². The predicted octanol–water partition coefficient (Wildman–Crippen LogP) is 2.74. The van der Waals surface area contributed by atoms with Crippen molar-refractivity contribution in [2.24, 2.45) is 5.92 Å². The lowest BCUT2D eigenvalue weighted by atomic mass is 10.0. The van der Waals surface area contributed by atoms with Crippen LogP contribution in [-0.4, -0.2) is 14.7 Å². The summed E-state index contributed by atoms with van der Waals surface area (Å²) in [5, 5.41) is 14.0. The second kappa shape index (κ2) is 4.84. The van der Waals surface area contributed by atoms with Gasteiger partial charge in [0.25, 0.3) is 0 Å². The molecule has 1 unspecified atom stereocenters. The molecule has 3 nitrogen and oxygen atoms in total. The second-order valence-corrected chi connectivity index (χ2v) is 5.11. The van der Waals surface area contributed by atoms with Crippen LogP contribution >= 0.6 is 11.5 Å². The molecule has 0 bridgehead atoms. The molecule has 80 valence electrons. The highest BCUT2D eigenvalue weighted by Crippen LogP contribution is 2.29. The Bertz CT molecular complexity index is 283. The van der Waals surface area contributed by atoms with Gasteiger partial charge in [-0.2, -0.15) is 0 Å². The van der Waals surface area contributed by atoms with E-state index in [0.29, 0.717) is 11.8 Å². The molecule has 0 aliphatic rings. The summed E-state index contributed by atoms with van der Waals surface area (Å²) in [5.41, 5.74) is 0.947. The first-order chi connectivity index (χ1) is 6.52. The fraction of sp³-hybridized carbons (Fsp3) is 0.800. The Morgan fingerprint density at radius 2 is 1.93 bits per heavy atom. The van der Waals surface area contributed by atoms with Crippen LogP contribution in [0.4, 0.5) is 0 Å². The molecule has 1 aromatic rings. The van der Waals surface area contributed by atoms with Crippen LogP contribution in [0.25, 0.3) is 0 Å². The molecule has 4 heteroatoms. The van der Waals surface area contributed by atoms with Crippen molar-refractivity contribution in [1.29, 1.82) is 0 Å². The van der Waals surface area contributed by atoms with E-state index >= 15 is 0 Å². The van der Waals surface area contributed by atoms with Crippen LogP contribution in [0.15, 0.2) is 0 Å². The van der Waals surface area contributed by atoms with E-state index in [9.17, 15) is 5.11 Å². The number of aromatic nitrogens is 2. The van der Waals surface area contributed by atoms with Crippen LogP contribution in [0.2, 0.25) is 0 Å². The maximum Gasteiger partial charge on any atom is 0.0919 e. The minimum absolute atomic E-state index is 0.338. The minimum atomic E-state index is -0.396. The molecule has 1 heterocycles. The average Bonchev–Trinajstić information content (AvgIpc) is 2.49. The molecule has 1 aromatic heterocycles. The SMILES string of the molecule is CC(C)CC(O)c1snnc1C(C)C. The maximum atomic E-state index is 9.94. The summed E-state index contributed by atoms with van der Waals surface area (Å²) in [6.07, 6.45) is 0.385. The topological polar surface area (TPSA) is 46.0 Å². The molecule has 1 atom stereocenters. The third-order valence-electron chi connectivity index (χ3n) is 2.08. The van der Waals surface area contributed by atoms with Crippen molar-refractivity contribution in [3.8, 4) is 0 Å². The highest BCUT2D eigenvalue weighted by Gasteiger charge is 2.19. The van der Waals surface area contributed by atoms with Crippen LogP contribution in [0.3, 0.4) is 0 Å². The fourth-order valence-corrected chi connectivity index (χ4v) is 2.19. The normalized spacial score (nSPS) is 13.9. The number of rotatable bonds is 4. The number of hydrogen-bond donors (Lipinski definition) is 1. The Balaban J connectivity index is 2.78. The van der Waals surface area contributed by atoms with Crippen LogP contribution in [0.5, 0.6) is 0 Å². The number of aliphatic hydroxyl groups excluding tert-OH is 1. The Kier molecular flexibility index (Phi) is 4.01. The first-order valence-electron chi connectivity index (χ1n) is 5.02. The van der Waals surface area contributed by atoms with Gasteiger partial charge in [-0.3, -0.25) is 0 Å². The lowest BCUT2D eigenvalue weighted by Crippen LogP contribution is -2.04. The number of hydrogen-bond acceptors (Lipinski definition) is 4. The molecule has 0 aromatic carbocycles. The van der Waals surface area contributed by atoms with Gasteiger partial charge in [0.2, 0.25) is 0 Å². The Labute approximate surface area is 89.3 Å². The predicted molar refractivity (Wildman–Crippen MR) is 58.4 cm³/mol. The average molecular weight is 214 g/mol. The largest absolute Gasteiger partial charge is 0.387 e. The van der Waals surface area contributed by atoms with Gasteiger partial charge in [-0.1, -0.05) is 32.2 Å². The highest BCUT2D eigenvalue weighted by molar-refractivity contribution is 7.05. The molecule has 14 heavy (non-hydrogen) atoms. The zero-order chi connectivity index (χ0) is 10.7. The molecular weight excluding hydrogens is 196 g/mol. The molecule has 0 saturated heterocycles. The molecule has 0 spiro atoms. The zero-order valence-electron chi connectivity index (χ0n) is 9.19. The van der Waals surface area contributed by atoms with Crippen molar-refractivity contribution in [3.63, 3.8) is 0 Å². The van der Waals surface area contributed by atoms with Crippen molar-refractivity contribution in [2.45, 2.75) is 46.1 Å². The van der Waals surface area contributed by atoms with Gasteiger partial charge in [0.05, 0.1) is 16.7 Å². The first-order valence-corrected chi connectivity index (χ1v) is 5.80. The molecule has 0 aliphatic heterocycles. The molecule has 0 amide bonds. The van der Waals surface area contributed by atoms with E-state index in [0.717, 1.165) is 17.0 Å². The molecular formula is C10H18N2OS. The van der Waals surface area contributed by atoms with Crippen molar-refractivity contribution in [3.05, 3.63) is 10.6 Å². The molecule has 0 saturated carbocycles. The van der Waals surface area contributed by atoms with Crippen molar-refractivity contribution in [2.75, 3.05) is 0 Å². The number of aliphatic hydroxyl groups is 1. The third-order valence-corrected chi connectivity index (χ3v) is 2.93. The summed E-state index contributed by atoms with van der Waals surface area (Å²) in [6.45, 7) is 8.35. The van der Waals surface area contributed by atoms with E-state index in [1.54, 1.807) is 0 Å². The standard InChI is InChI=1S/C10H18N2OS/c1-6(2)5-8(13)10-9(7(3)4)11-12-14-10/h6-8,13H,5H2,1-4H3. The third kappa shape index (κ3) is 2.75. The van der Waals surface area contributed by atoms with E-state index in [2.05, 4.69) is 37.3 Å². The Morgan fingerprint density at radius 1 is 1.29 bits per heavy atom. The first kappa shape index (κ1) is 11.6. The summed E-state index contributed by atoms with van der Waals surface area (Å²) in [7, 11) is 0. The van der Waals surface area contributed by atoms with Crippen LogP contribution in [0, 0.1) is 5.92 Å². The van der Waals surface area contributed by atoms with E-state index < -0.39 is 6.10 Å². The van der Waals surface area contributed by atoms with E-state index in [4.69, 9.17) is 0 Å². The summed E-state index contributed by atoms with van der Waals surface area (Å²) in [5.74, 6) is 0.831. The quantitative estimate of drug-likeness (QED) is 0.838. The van der Waals surface area contributed by atoms with Crippen molar-refractivity contribution >= 4 is 11.5 Å². The smallest absolute Gasteiger partial charge is 0.0919 e. The Hall–Kier alpha value is -0.480. The fourth-order valence-electron chi connectivity index (χ4n) is 1.39. The monoisotopic (exact) mass is 214 g/mol.